The van der Waals surface area contributed by atoms with Crippen molar-refractivity contribution >= 4 is 17.4 Å². The van der Waals surface area contributed by atoms with Crippen molar-refractivity contribution in [3.63, 3.8) is 0 Å². The number of rotatable bonds is 2. The van der Waals surface area contributed by atoms with E-state index in [1.807, 2.05) is 24.8 Å². The van der Waals surface area contributed by atoms with Crippen molar-refractivity contribution in [2.75, 3.05) is 16.8 Å². The van der Waals surface area contributed by atoms with E-state index in [1.54, 1.807) is 6.07 Å². The van der Waals surface area contributed by atoms with Crippen LogP contribution in [0.1, 0.15) is 18.4 Å². The molecule has 1 aromatic carbocycles. The quantitative estimate of drug-likeness (QED) is 0.827. The van der Waals surface area contributed by atoms with Gasteiger partial charge in [0.15, 0.2) is 0 Å². The number of aryl methyl sites for hydroxylation is 1. The molecular formula is C12H16FNS. The zero-order valence-electron chi connectivity index (χ0n) is 8.92. The molecule has 15 heavy (non-hydrogen) atoms. The second-order valence-corrected chi connectivity index (χ2v) is 5.17. The lowest BCUT2D eigenvalue weighted by Crippen LogP contribution is -2.26. The molecule has 0 unspecified atom stereocenters. The molecule has 0 radical (unpaired) electrons. The molecule has 1 aromatic rings. The standard InChI is InChI=1S/C12H16FNS/c1-9-4-5-10(13)7-12(9)14-11-3-2-6-15-8-11/h4-5,7,11,14H,2-3,6,8H2,1H3/t11-/m0/s1. The van der Waals surface area contributed by atoms with Crippen molar-refractivity contribution < 1.29 is 4.39 Å². The van der Waals surface area contributed by atoms with Crippen molar-refractivity contribution in [1.82, 2.24) is 0 Å². The summed E-state index contributed by atoms with van der Waals surface area (Å²) in [6.45, 7) is 2.01. The summed E-state index contributed by atoms with van der Waals surface area (Å²) in [6, 6.07) is 5.43. The van der Waals surface area contributed by atoms with Gasteiger partial charge in [0.25, 0.3) is 0 Å². The van der Waals surface area contributed by atoms with Gasteiger partial charge in [0.1, 0.15) is 5.82 Å². The van der Waals surface area contributed by atoms with E-state index in [1.165, 1.54) is 24.7 Å². The maximum Gasteiger partial charge on any atom is 0.125 e. The number of halogens is 1. The SMILES string of the molecule is Cc1ccc(F)cc1N[C@H]1CCCSC1. The van der Waals surface area contributed by atoms with Crippen molar-refractivity contribution in [1.29, 1.82) is 0 Å². The maximum absolute atomic E-state index is 13.1. The normalized spacial score (nSPS) is 21.3. The van der Waals surface area contributed by atoms with Gasteiger partial charge in [-0.25, -0.2) is 4.39 Å². The number of hydrogen-bond acceptors (Lipinski definition) is 2. The first-order chi connectivity index (χ1) is 7.25. The third-order valence-corrected chi connectivity index (χ3v) is 3.93. The van der Waals surface area contributed by atoms with Crippen LogP contribution in [0.4, 0.5) is 10.1 Å². The largest absolute Gasteiger partial charge is 0.381 e. The fourth-order valence-electron chi connectivity index (χ4n) is 1.82. The molecule has 1 N–H and O–H groups in total. The fourth-order valence-corrected chi connectivity index (χ4v) is 2.90. The van der Waals surface area contributed by atoms with Gasteiger partial charge in [-0.05, 0) is 43.2 Å². The molecule has 0 amide bonds. The molecule has 1 heterocycles. The van der Waals surface area contributed by atoms with Crippen molar-refractivity contribution in [3.05, 3.63) is 29.6 Å². The first kappa shape index (κ1) is 10.8. The van der Waals surface area contributed by atoms with Crippen LogP contribution in [-0.4, -0.2) is 17.5 Å². The number of nitrogens with one attached hydrogen (secondary N) is 1. The maximum atomic E-state index is 13.1. The van der Waals surface area contributed by atoms with Gasteiger partial charge in [-0.1, -0.05) is 6.07 Å². The first-order valence-corrected chi connectivity index (χ1v) is 6.51. The number of hydrogen-bond donors (Lipinski definition) is 1. The molecule has 1 fully saturated rings. The molecule has 0 aromatic heterocycles. The molecule has 82 valence electrons. The number of thioether (sulfide) groups is 1. The van der Waals surface area contributed by atoms with Gasteiger partial charge in [0.2, 0.25) is 0 Å². The van der Waals surface area contributed by atoms with Gasteiger partial charge < -0.3 is 5.32 Å². The Morgan fingerprint density at radius 2 is 2.33 bits per heavy atom. The highest BCUT2D eigenvalue weighted by Gasteiger charge is 2.14. The second-order valence-electron chi connectivity index (χ2n) is 4.02. The van der Waals surface area contributed by atoms with Crippen LogP contribution in [0, 0.1) is 12.7 Å². The van der Waals surface area contributed by atoms with Gasteiger partial charge >= 0.3 is 0 Å². The third kappa shape index (κ3) is 2.88. The minimum atomic E-state index is -0.161. The lowest BCUT2D eigenvalue weighted by atomic mass is 10.1. The van der Waals surface area contributed by atoms with Gasteiger partial charge in [-0.3, -0.25) is 0 Å². The van der Waals surface area contributed by atoms with Crippen LogP contribution in [0.2, 0.25) is 0 Å². The minimum absolute atomic E-state index is 0.161. The van der Waals surface area contributed by atoms with Crippen LogP contribution in [0.25, 0.3) is 0 Å². The van der Waals surface area contributed by atoms with E-state index < -0.39 is 0 Å². The molecule has 1 aliphatic heterocycles. The second kappa shape index (κ2) is 4.88. The smallest absolute Gasteiger partial charge is 0.125 e. The lowest BCUT2D eigenvalue weighted by Gasteiger charge is -2.24. The van der Waals surface area contributed by atoms with Crippen LogP contribution in [-0.2, 0) is 0 Å². The summed E-state index contributed by atoms with van der Waals surface area (Å²) >= 11 is 1.98. The highest BCUT2D eigenvalue weighted by molar-refractivity contribution is 7.99. The average molecular weight is 225 g/mol. The molecule has 2 rings (SSSR count). The molecule has 0 aliphatic carbocycles. The molecule has 1 atom stereocenters. The summed E-state index contributed by atoms with van der Waals surface area (Å²) in [5.41, 5.74) is 2.06. The summed E-state index contributed by atoms with van der Waals surface area (Å²) < 4.78 is 13.1. The third-order valence-electron chi connectivity index (χ3n) is 2.72. The Kier molecular flexibility index (Phi) is 3.52. The molecular weight excluding hydrogens is 209 g/mol. The molecule has 0 spiro atoms. The van der Waals surface area contributed by atoms with E-state index in [0.29, 0.717) is 6.04 Å². The number of benzene rings is 1. The van der Waals surface area contributed by atoms with Crippen molar-refractivity contribution in [2.45, 2.75) is 25.8 Å². The fraction of sp³-hybridized carbons (Fsp3) is 0.500. The van der Waals surface area contributed by atoms with Crippen LogP contribution in [0.15, 0.2) is 18.2 Å². The summed E-state index contributed by atoms with van der Waals surface area (Å²) in [5.74, 6) is 2.24. The Bertz CT molecular complexity index is 334. The van der Waals surface area contributed by atoms with Crippen molar-refractivity contribution in [2.24, 2.45) is 0 Å². The van der Waals surface area contributed by atoms with Gasteiger partial charge in [0, 0.05) is 17.5 Å². The molecule has 1 saturated heterocycles. The monoisotopic (exact) mass is 225 g/mol. The lowest BCUT2D eigenvalue weighted by molar-refractivity contribution is 0.626. The Hall–Kier alpha value is -0.700. The highest BCUT2D eigenvalue weighted by atomic mass is 32.2. The summed E-state index contributed by atoms with van der Waals surface area (Å²) in [7, 11) is 0. The molecule has 1 aliphatic rings. The van der Waals surface area contributed by atoms with Crippen molar-refractivity contribution in [3.8, 4) is 0 Å². The summed E-state index contributed by atoms with van der Waals surface area (Å²) in [6.07, 6.45) is 2.46. The summed E-state index contributed by atoms with van der Waals surface area (Å²) in [5, 5.41) is 3.43. The predicted octanol–water partition coefficient (Wildman–Crippen LogP) is 3.44. The van der Waals surface area contributed by atoms with E-state index in [-0.39, 0.29) is 5.82 Å². The Balaban J connectivity index is 2.05. The zero-order valence-corrected chi connectivity index (χ0v) is 9.74. The molecule has 3 heteroatoms. The Labute approximate surface area is 94.5 Å². The van der Waals surface area contributed by atoms with E-state index in [9.17, 15) is 4.39 Å². The number of anilines is 1. The zero-order chi connectivity index (χ0) is 10.7. The Morgan fingerprint density at radius 3 is 3.07 bits per heavy atom. The minimum Gasteiger partial charge on any atom is -0.381 e. The molecule has 0 saturated carbocycles. The van der Waals surface area contributed by atoms with Gasteiger partial charge in [-0.2, -0.15) is 11.8 Å². The van der Waals surface area contributed by atoms with E-state index in [4.69, 9.17) is 0 Å². The Morgan fingerprint density at radius 1 is 1.47 bits per heavy atom. The predicted molar refractivity (Wildman–Crippen MR) is 65.1 cm³/mol. The molecule has 1 nitrogen and oxygen atoms in total. The topological polar surface area (TPSA) is 12.0 Å². The van der Waals surface area contributed by atoms with E-state index in [0.717, 1.165) is 17.0 Å². The average Bonchev–Trinajstić information content (AvgIpc) is 2.25. The van der Waals surface area contributed by atoms with Crippen LogP contribution in [0.3, 0.4) is 0 Å². The first-order valence-electron chi connectivity index (χ1n) is 5.36. The van der Waals surface area contributed by atoms with Gasteiger partial charge in [0.05, 0.1) is 0 Å². The van der Waals surface area contributed by atoms with Crippen LogP contribution < -0.4 is 5.32 Å². The molecule has 0 bridgehead atoms. The van der Waals surface area contributed by atoms with Crippen LogP contribution in [0.5, 0.6) is 0 Å². The highest BCUT2D eigenvalue weighted by Crippen LogP contribution is 2.23. The summed E-state index contributed by atoms with van der Waals surface area (Å²) in [4.78, 5) is 0. The van der Waals surface area contributed by atoms with E-state index >= 15 is 0 Å². The van der Waals surface area contributed by atoms with E-state index in [2.05, 4.69) is 5.32 Å². The van der Waals surface area contributed by atoms with Crippen LogP contribution >= 0.6 is 11.8 Å². The van der Waals surface area contributed by atoms with Gasteiger partial charge in [-0.15, -0.1) is 0 Å².